The van der Waals surface area contributed by atoms with Gasteiger partial charge in [-0.2, -0.15) is 0 Å². The summed E-state index contributed by atoms with van der Waals surface area (Å²) < 4.78 is 5.33. The van der Waals surface area contributed by atoms with Crippen molar-refractivity contribution in [2.24, 2.45) is 0 Å². The minimum atomic E-state index is -0.228. The van der Waals surface area contributed by atoms with E-state index in [1.807, 2.05) is 39.0 Å². The van der Waals surface area contributed by atoms with Gasteiger partial charge in [0, 0.05) is 24.5 Å². The van der Waals surface area contributed by atoms with E-state index in [1.54, 1.807) is 30.2 Å². The maximum Gasteiger partial charge on any atom is 0.322 e. The van der Waals surface area contributed by atoms with Gasteiger partial charge in [-0.15, -0.1) is 0 Å². The Morgan fingerprint density at radius 3 is 2.66 bits per heavy atom. The van der Waals surface area contributed by atoms with Gasteiger partial charge in [0.1, 0.15) is 5.75 Å². The average Bonchev–Trinajstić information content (AvgIpc) is 2.69. The van der Waals surface area contributed by atoms with Gasteiger partial charge in [0.15, 0.2) is 0 Å². The largest absolute Gasteiger partial charge is 0.495 e. The summed E-state index contributed by atoms with van der Waals surface area (Å²) in [5.41, 5.74) is 4.23. The highest BCUT2D eigenvalue weighted by Gasteiger charge is 2.17. The number of amides is 2. The van der Waals surface area contributed by atoms with Crippen molar-refractivity contribution in [1.29, 1.82) is 0 Å². The van der Waals surface area contributed by atoms with Gasteiger partial charge in [-0.3, -0.25) is 4.79 Å². The molecule has 0 aliphatic carbocycles. The smallest absolute Gasteiger partial charge is 0.322 e. The molecule has 2 N–H and O–H groups in total. The molecule has 3 rings (SSSR count). The van der Waals surface area contributed by atoms with Crippen LogP contribution in [0.15, 0.2) is 47.3 Å². The molecule has 0 radical (unpaired) electrons. The van der Waals surface area contributed by atoms with Gasteiger partial charge in [0.2, 0.25) is 5.56 Å². The highest BCUT2D eigenvalue weighted by molar-refractivity contribution is 5.91. The standard InChI is InChI=1S/C23H27N3O3/c1-5-10-26(23(28)24-19-8-6-7-9-20(19)29-4)14-17-13-21(27)25-22-16(3)11-15(2)12-18(17)22/h6-9,11-13H,5,10,14H2,1-4H3,(H,24,28)(H,25,27). The Bertz CT molecular complexity index is 1090. The number of methoxy groups -OCH3 is 1. The normalized spacial score (nSPS) is 10.8. The second-order valence-corrected chi connectivity index (χ2v) is 7.22. The number of fused-ring (bicyclic) bond motifs is 1. The number of ether oxygens (including phenoxy) is 1. The zero-order chi connectivity index (χ0) is 21.0. The number of aromatic nitrogens is 1. The van der Waals surface area contributed by atoms with Gasteiger partial charge in [0.25, 0.3) is 0 Å². The number of pyridine rings is 1. The van der Waals surface area contributed by atoms with Crippen LogP contribution in [0.5, 0.6) is 5.75 Å². The second kappa shape index (κ2) is 8.82. The molecule has 0 saturated carbocycles. The molecule has 1 heterocycles. The number of rotatable bonds is 6. The summed E-state index contributed by atoms with van der Waals surface area (Å²) in [6.07, 6.45) is 0.804. The summed E-state index contributed by atoms with van der Waals surface area (Å²) in [6.45, 7) is 6.94. The number of anilines is 1. The van der Waals surface area contributed by atoms with Crippen molar-refractivity contribution in [2.75, 3.05) is 19.0 Å². The first-order valence-electron chi connectivity index (χ1n) is 9.75. The van der Waals surface area contributed by atoms with Crippen molar-refractivity contribution in [3.05, 3.63) is 69.5 Å². The number of hydrogen-bond donors (Lipinski definition) is 2. The molecule has 0 spiro atoms. The number of carbonyl (C=O) groups excluding carboxylic acids is 1. The molecular weight excluding hydrogens is 366 g/mol. The molecule has 2 aromatic carbocycles. The van der Waals surface area contributed by atoms with Crippen molar-refractivity contribution in [2.45, 2.75) is 33.7 Å². The molecule has 0 atom stereocenters. The van der Waals surface area contributed by atoms with E-state index in [0.29, 0.717) is 24.5 Å². The zero-order valence-corrected chi connectivity index (χ0v) is 17.3. The third-order valence-corrected chi connectivity index (χ3v) is 4.87. The van der Waals surface area contributed by atoms with Gasteiger partial charge < -0.3 is 19.9 Å². The Labute approximate surface area is 170 Å². The number of urea groups is 1. The Morgan fingerprint density at radius 1 is 1.17 bits per heavy atom. The van der Waals surface area contributed by atoms with Crippen molar-refractivity contribution in [3.8, 4) is 5.75 Å². The fourth-order valence-corrected chi connectivity index (χ4v) is 3.58. The first kappa shape index (κ1) is 20.5. The van der Waals surface area contributed by atoms with Crippen LogP contribution >= 0.6 is 0 Å². The summed E-state index contributed by atoms with van der Waals surface area (Å²) in [4.78, 5) is 29.9. The van der Waals surface area contributed by atoms with Gasteiger partial charge >= 0.3 is 6.03 Å². The molecule has 0 aliphatic heterocycles. The lowest BCUT2D eigenvalue weighted by molar-refractivity contribution is 0.209. The second-order valence-electron chi connectivity index (χ2n) is 7.22. The van der Waals surface area contributed by atoms with E-state index in [1.165, 1.54) is 0 Å². The van der Waals surface area contributed by atoms with Crippen LogP contribution in [0.4, 0.5) is 10.5 Å². The summed E-state index contributed by atoms with van der Waals surface area (Å²) in [5, 5.41) is 3.89. The lowest BCUT2D eigenvalue weighted by Crippen LogP contribution is -2.35. The van der Waals surface area contributed by atoms with E-state index < -0.39 is 0 Å². The van der Waals surface area contributed by atoms with Gasteiger partial charge in [-0.05, 0) is 49.6 Å². The number of hydrogen-bond acceptors (Lipinski definition) is 3. The number of nitrogens with one attached hydrogen (secondary N) is 2. The first-order valence-corrected chi connectivity index (χ1v) is 9.75. The van der Waals surface area contributed by atoms with Gasteiger partial charge in [-0.1, -0.05) is 30.7 Å². The van der Waals surface area contributed by atoms with Crippen molar-refractivity contribution >= 4 is 22.6 Å². The van der Waals surface area contributed by atoms with Crippen molar-refractivity contribution in [3.63, 3.8) is 0 Å². The van der Waals surface area contributed by atoms with Crippen molar-refractivity contribution < 1.29 is 9.53 Å². The van der Waals surface area contributed by atoms with E-state index in [0.717, 1.165) is 34.0 Å². The molecule has 29 heavy (non-hydrogen) atoms. The lowest BCUT2D eigenvalue weighted by atomic mass is 10.0. The van der Waals surface area contributed by atoms with E-state index in [9.17, 15) is 9.59 Å². The van der Waals surface area contributed by atoms with Crippen LogP contribution in [-0.4, -0.2) is 29.6 Å². The van der Waals surface area contributed by atoms with E-state index in [-0.39, 0.29) is 11.6 Å². The number of aromatic amines is 1. The fourth-order valence-electron chi connectivity index (χ4n) is 3.58. The Morgan fingerprint density at radius 2 is 1.93 bits per heavy atom. The monoisotopic (exact) mass is 393 g/mol. The number of nitrogens with zero attached hydrogens (tertiary/aromatic N) is 1. The quantitative estimate of drug-likeness (QED) is 0.643. The molecule has 0 fully saturated rings. The van der Waals surface area contributed by atoms with E-state index >= 15 is 0 Å². The van der Waals surface area contributed by atoms with Crippen LogP contribution < -0.4 is 15.6 Å². The topological polar surface area (TPSA) is 74.4 Å². The molecule has 0 saturated heterocycles. The molecule has 0 aliphatic rings. The maximum absolute atomic E-state index is 13.0. The predicted molar refractivity (Wildman–Crippen MR) is 117 cm³/mol. The molecule has 3 aromatic rings. The fraction of sp³-hybridized carbons (Fsp3) is 0.304. The number of carbonyl (C=O) groups is 1. The number of para-hydroxylation sites is 2. The Hall–Kier alpha value is -3.28. The van der Waals surface area contributed by atoms with Crippen LogP contribution in [-0.2, 0) is 6.54 Å². The summed E-state index contributed by atoms with van der Waals surface area (Å²) in [6, 6.07) is 12.8. The summed E-state index contributed by atoms with van der Waals surface area (Å²) in [5.74, 6) is 0.602. The number of benzene rings is 2. The molecule has 1 aromatic heterocycles. The van der Waals surface area contributed by atoms with Crippen LogP contribution in [0.1, 0.15) is 30.0 Å². The minimum absolute atomic E-state index is 0.166. The summed E-state index contributed by atoms with van der Waals surface area (Å²) >= 11 is 0. The molecule has 152 valence electrons. The van der Waals surface area contributed by atoms with Gasteiger partial charge in [-0.25, -0.2) is 4.79 Å². The predicted octanol–water partition coefficient (Wildman–Crippen LogP) is 4.60. The highest BCUT2D eigenvalue weighted by atomic mass is 16.5. The highest BCUT2D eigenvalue weighted by Crippen LogP contribution is 2.25. The lowest BCUT2D eigenvalue weighted by Gasteiger charge is -2.24. The molecule has 0 unspecified atom stereocenters. The van der Waals surface area contributed by atoms with E-state index in [4.69, 9.17) is 4.74 Å². The average molecular weight is 393 g/mol. The van der Waals surface area contributed by atoms with Crippen LogP contribution in [0.25, 0.3) is 10.9 Å². The molecule has 0 bridgehead atoms. The minimum Gasteiger partial charge on any atom is -0.495 e. The van der Waals surface area contributed by atoms with Crippen LogP contribution in [0.3, 0.4) is 0 Å². The van der Waals surface area contributed by atoms with Gasteiger partial charge in [0.05, 0.1) is 18.3 Å². The third kappa shape index (κ3) is 4.59. The Balaban J connectivity index is 1.95. The number of aryl methyl sites for hydroxylation is 2. The molecule has 6 heteroatoms. The molecular formula is C23H27N3O3. The summed E-state index contributed by atoms with van der Waals surface area (Å²) in [7, 11) is 1.57. The third-order valence-electron chi connectivity index (χ3n) is 4.87. The molecule has 2 amide bonds. The molecule has 6 nitrogen and oxygen atoms in total. The number of H-pyrrole nitrogens is 1. The van der Waals surface area contributed by atoms with Crippen molar-refractivity contribution in [1.82, 2.24) is 9.88 Å². The maximum atomic E-state index is 13.0. The first-order chi connectivity index (χ1) is 13.9. The SMILES string of the molecule is CCCN(Cc1cc(=O)[nH]c2c(C)cc(C)cc12)C(=O)Nc1ccccc1OC. The van der Waals surface area contributed by atoms with Crippen LogP contribution in [0, 0.1) is 13.8 Å². The Kier molecular flexibility index (Phi) is 6.22. The van der Waals surface area contributed by atoms with Crippen LogP contribution in [0.2, 0.25) is 0 Å². The zero-order valence-electron chi connectivity index (χ0n) is 17.3. The van der Waals surface area contributed by atoms with E-state index in [2.05, 4.69) is 16.4 Å².